The summed E-state index contributed by atoms with van der Waals surface area (Å²) >= 11 is 0. The summed E-state index contributed by atoms with van der Waals surface area (Å²) in [4.78, 5) is 0. The Morgan fingerprint density at radius 2 is 1.59 bits per heavy atom. The van der Waals surface area contributed by atoms with E-state index in [4.69, 9.17) is 0 Å². The Balaban J connectivity index is 2.07. The van der Waals surface area contributed by atoms with Crippen LogP contribution in [-0.4, -0.2) is 33.5 Å². The lowest BCUT2D eigenvalue weighted by molar-refractivity contribution is 0.173. The van der Waals surface area contributed by atoms with Gasteiger partial charge in [-0.2, -0.15) is 5.26 Å². The Labute approximate surface area is 176 Å². The zero-order valence-corrected chi connectivity index (χ0v) is 19.3. The van der Waals surface area contributed by atoms with Crippen molar-refractivity contribution >= 4 is 7.59 Å². The summed E-state index contributed by atoms with van der Waals surface area (Å²) in [6.45, 7) is 14.5. The number of nitriles is 1. The number of nitrogens with one attached hydrogen (secondary N) is 1. The third kappa shape index (κ3) is 4.09. The maximum Gasteiger partial charge on any atom is 0.286 e. The van der Waals surface area contributed by atoms with E-state index in [1.54, 1.807) is 0 Å². The SMILES string of the molecule is C=C(C#N)[C@@H](NP1(=O)N(C(C)C)[C@@H]2CCCC[C@H]2N1C(C)C)c1ccc(C)cc1. The second-order valence-electron chi connectivity index (χ2n) is 9.02. The Morgan fingerprint density at radius 1 is 1.10 bits per heavy atom. The first-order valence-corrected chi connectivity index (χ1v) is 12.4. The molecule has 3 rings (SSSR count). The molecular formula is C23H35N4OP. The highest BCUT2D eigenvalue weighted by atomic mass is 31.2. The van der Waals surface area contributed by atoms with Crippen molar-refractivity contribution in [2.75, 3.05) is 0 Å². The Bertz CT molecular complexity index is 798. The molecule has 0 aromatic heterocycles. The van der Waals surface area contributed by atoms with Gasteiger partial charge in [0.1, 0.15) is 0 Å². The van der Waals surface area contributed by atoms with Gasteiger partial charge >= 0.3 is 0 Å². The molecule has 0 spiro atoms. The van der Waals surface area contributed by atoms with Crippen LogP contribution in [0.3, 0.4) is 0 Å². The van der Waals surface area contributed by atoms with Gasteiger partial charge < -0.3 is 0 Å². The summed E-state index contributed by atoms with van der Waals surface area (Å²) in [5, 5.41) is 13.1. The highest BCUT2D eigenvalue weighted by Gasteiger charge is 2.57. The number of nitrogens with zero attached hydrogens (tertiary/aromatic N) is 3. The van der Waals surface area contributed by atoms with E-state index in [0.29, 0.717) is 17.7 Å². The average Bonchev–Trinajstić information content (AvgIpc) is 2.94. The second kappa shape index (κ2) is 8.74. The van der Waals surface area contributed by atoms with E-state index < -0.39 is 13.6 Å². The molecule has 1 heterocycles. The summed E-state index contributed by atoms with van der Waals surface area (Å²) in [6.07, 6.45) is 4.52. The van der Waals surface area contributed by atoms with Crippen LogP contribution in [0.15, 0.2) is 36.4 Å². The molecule has 1 aromatic rings. The molecule has 0 radical (unpaired) electrons. The largest absolute Gasteiger partial charge is 0.286 e. The van der Waals surface area contributed by atoms with Crippen LogP contribution in [0.25, 0.3) is 0 Å². The van der Waals surface area contributed by atoms with Gasteiger partial charge in [0.25, 0.3) is 7.59 Å². The van der Waals surface area contributed by atoms with Crippen LogP contribution in [-0.2, 0) is 4.57 Å². The van der Waals surface area contributed by atoms with E-state index in [1.165, 1.54) is 12.8 Å². The topological polar surface area (TPSA) is 59.4 Å². The molecule has 0 amide bonds. The first-order valence-electron chi connectivity index (χ1n) is 10.8. The van der Waals surface area contributed by atoms with Crippen molar-refractivity contribution in [1.29, 1.82) is 5.26 Å². The predicted octanol–water partition coefficient (Wildman–Crippen LogP) is 5.56. The zero-order valence-electron chi connectivity index (χ0n) is 18.4. The van der Waals surface area contributed by atoms with Crippen LogP contribution in [0, 0.1) is 18.3 Å². The van der Waals surface area contributed by atoms with Gasteiger partial charge in [0.2, 0.25) is 0 Å². The summed E-state index contributed by atoms with van der Waals surface area (Å²) in [5.41, 5.74) is 2.48. The molecule has 0 unspecified atom stereocenters. The minimum atomic E-state index is -3.10. The Hall–Kier alpha value is -1.44. The van der Waals surface area contributed by atoms with Gasteiger partial charge in [-0.25, -0.2) is 14.4 Å². The molecule has 1 saturated carbocycles. The van der Waals surface area contributed by atoms with E-state index in [-0.39, 0.29) is 12.1 Å². The summed E-state index contributed by atoms with van der Waals surface area (Å²) in [6, 6.07) is 10.7. The first-order chi connectivity index (χ1) is 13.7. The molecule has 29 heavy (non-hydrogen) atoms. The zero-order chi connectivity index (χ0) is 21.3. The molecule has 3 atom stereocenters. The lowest BCUT2D eigenvalue weighted by Crippen LogP contribution is -2.43. The van der Waals surface area contributed by atoms with Crippen LogP contribution >= 0.6 is 7.59 Å². The molecule has 5 nitrogen and oxygen atoms in total. The fourth-order valence-corrected chi connectivity index (χ4v) is 8.84. The minimum absolute atomic E-state index is 0.150. The smallest absolute Gasteiger partial charge is 0.270 e. The van der Waals surface area contributed by atoms with Crippen molar-refractivity contribution in [1.82, 2.24) is 14.4 Å². The maximum absolute atomic E-state index is 14.8. The first kappa shape index (κ1) is 22.2. The van der Waals surface area contributed by atoms with Gasteiger partial charge in [-0.1, -0.05) is 49.2 Å². The molecule has 2 aliphatic rings. The maximum atomic E-state index is 14.8. The van der Waals surface area contributed by atoms with E-state index in [9.17, 15) is 9.83 Å². The van der Waals surface area contributed by atoms with Crippen molar-refractivity contribution in [3.05, 3.63) is 47.5 Å². The van der Waals surface area contributed by atoms with Crippen LogP contribution < -0.4 is 5.09 Å². The summed E-state index contributed by atoms with van der Waals surface area (Å²) in [5.74, 6) is 0. The third-order valence-corrected chi connectivity index (χ3v) is 9.62. The van der Waals surface area contributed by atoms with Gasteiger partial charge in [-0.15, -0.1) is 0 Å². The molecule has 1 aromatic carbocycles. The van der Waals surface area contributed by atoms with E-state index >= 15 is 0 Å². The van der Waals surface area contributed by atoms with Gasteiger partial charge in [0.15, 0.2) is 0 Å². The highest BCUT2D eigenvalue weighted by Crippen LogP contribution is 2.64. The number of hydrogen-bond donors (Lipinski definition) is 1. The van der Waals surface area contributed by atoms with Gasteiger partial charge in [-0.3, -0.25) is 4.57 Å². The minimum Gasteiger partial charge on any atom is -0.270 e. The highest BCUT2D eigenvalue weighted by molar-refractivity contribution is 7.57. The average molecular weight is 415 g/mol. The van der Waals surface area contributed by atoms with Crippen LogP contribution in [0.5, 0.6) is 0 Å². The fraction of sp³-hybridized carbons (Fsp3) is 0.609. The lowest BCUT2D eigenvalue weighted by Gasteiger charge is -2.38. The van der Waals surface area contributed by atoms with E-state index in [0.717, 1.165) is 24.0 Å². The van der Waals surface area contributed by atoms with Gasteiger partial charge in [0.05, 0.1) is 12.1 Å². The molecular weight excluding hydrogens is 379 g/mol. The molecule has 0 bridgehead atoms. The summed E-state index contributed by atoms with van der Waals surface area (Å²) in [7, 11) is -3.10. The molecule has 1 aliphatic carbocycles. The van der Waals surface area contributed by atoms with E-state index in [1.807, 2.05) is 31.2 Å². The van der Waals surface area contributed by atoms with Gasteiger partial charge in [-0.05, 0) is 53.0 Å². The Morgan fingerprint density at radius 3 is 2.00 bits per heavy atom. The van der Waals surface area contributed by atoms with E-state index in [2.05, 4.69) is 54.8 Å². The monoisotopic (exact) mass is 414 g/mol. The number of fused-ring (bicyclic) bond motifs is 1. The van der Waals surface area contributed by atoms with Crippen molar-refractivity contribution in [2.45, 2.75) is 90.5 Å². The molecule has 2 fully saturated rings. The number of aryl methyl sites for hydroxylation is 1. The van der Waals surface area contributed by atoms with Crippen molar-refractivity contribution in [3.63, 3.8) is 0 Å². The number of hydrogen-bond acceptors (Lipinski definition) is 2. The van der Waals surface area contributed by atoms with Crippen molar-refractivity contribution in [3.8, 4) is 6.07 Å². The predicted molar refractivity (Wildman–Crippen MR) is 119 cm³/mol. The molecule has 6 heteroatoms. The van der Waals surface area contributed by atoms with Crippen molar-refractivity contribution < 1.29 is 4.57 Å². The standard InChI is InChI=1S/C23H35N4OP/c1-16(2)26-21-9-7-8-10-22(21)27(17(3)4)29(26,28)25-23(19(6)15-24)20-13-11-18(5)12-14-20/h11-14,16-17,21-23H,6-10H2,1-5H3,(H,25,28)/t21-,22-,23-/m1/s1. The molecule has 158 valence electrons. The number of benzene rings is 1. The molecule has 1 saturated heterocycles. The normalized spacial score (nSPS) is 25.7. The number of rotatable bonds is 6. The fourth-order valence-electron chi connectivity index (χ4n) is 5.10. The van der Waals surface area contributed by atoms with Gasteiger partial charge in [0, 0.05) is 29.7 Å². The van der Waals surface area contributed by atoms with Crippen LogP contribution in [0.1, 0.15) is 70.5 Å². The molecule has 1 aliphatic heterocycles. The quantitative estimate of drug-likeness (QED) is 0.488. The third-order valence-electron chi connectivity index (χ3n) is 6.26. The summed E-state index contributed by atoms with van der Waals surface area (Å²) < 4.78 is 19.2. The van der Waals surface area contributed by atoms with Crippen LogP contribution in [0.2, 0.25) is 0 Å². The second-order valence-corrected chi connectivity index (χ2v) is 11.3. The molecule has 1 N–H and O–H groups in total. The van der Waals surface area contributed by atoms with Crippen molar-refractivity contribution in [2.24, 2.45) is 0 Å². The lowest BCUT2D eigenvalue weighted by atomic mass is 9.89. The Kier molecular flexibility index (Phi) is 6.70. The van der Waals surface area contributed by atoms with Crippen LogP contribution in [0.4, 0.5) is 0 Å².